The van der Waals surface area contributed by atoms with Gasteiger partial charge in [0.05, 0.1) is 5.52 Å². The maximum absolute atomic E-state index is 11.4. The van der Waals surface area contributed by atoms with Crippen LogP contribution >= 0.6 is 0 Å². The van der Waals surface area contributed by atoms with Crippen LogP contribution in [0.25, 0.3) is 22.0 Å². The number of nitrogens with zero attached hydrogens (tertiary/aromatic N) is 3. The zero-order chi connectivity index (χ0) is 19.7. The van der Waals surface area contributed by atoms with Crippen LogP contribution in [0.15, 0.2) is 60.8 Å². The van der Waals surface area contributed by atoms with E-state index in [0.29, 0.717) is 11.9 Å². The Morgan fingerprint density at radius 2 is 1.96 bits per heavy atom. The minimum absolute atomic E-state index is 0.0590. The van der Waals surface area contributed by atoms with Crippen molar-refractivity contribution in [2.45, 2.75) is 13.5 Å². The molecule has 4 aromatic rings. The van der Waals surface area contributed by atoms with Crippen molar-refractivity contribution < 1.29 is 9.90 Å². The molecule has 0 saturated carbocycles. The molecular formula is C22H20N4O2. The van der Waals surface area contributed by atoms with Crippen LogP contribution in [0.3, 0.4) is 0 Å². The van der Waals surface area contributed by atoms with Crippen molar-refractivity contribution in [2.75, 3.05) is 5.32 Å². The SMILES string of the molecule is Cc1cccc(CNc2ccc(-c3cccc4c(C(=O)O)nn(C)c34)cn2)c1. The largest absolute Gasteiger partial charge is 0.476 e. The molecule has 2 aromatic heterocycles. The highest BCUT2D eigenvalue weighted by molar-refractivity contribution is 6.05. The number of aryl methyl sites for hydroxylation is 2. The fraction of sp³-hybridized carbons (Fsp3) is 0.136. The van der Waals surface area contributed by atoms with Gasteiger partial charge in [-0.15, -0.1) is 0 Å². The lowest BCUT2D eigenvalue weighted by atomic mass is 10.0. The summed E-state index contributed by atoms with van der Waals surface area (Å²) in [6, 6.07) is 17.8. The summed E-state index contributed by atoms with van der Waals surface area (Å²) in [6.07, 6.45) is 1.79. The number of anilines is 1. The summed E-state index contributed by atoms with van der Waals surface area (Å²) in [5.41, 5.74) is 5.08. The maximum atomic E-state index is 11.4. The Kier molecular flexibility index (Phi) is 4.53. The van der Waals surface area contributed by atoms with E-state index in [4.69, 9.17) is 0 Å². The van der Waals surface area contributed by atoms with Crippen LogP contribution in [0.1, 0.15) is 21.6 Å². The predicted octanol–water partition coefficient (Wildman–Crippen LogP) is 4.25. The lowest BCUT2D eigenvalue weighted by Gasteiger charge is -2.09. The van der Waals surface area contributed by atoms with Gasteiger partial charge in [0.25, 0.3) is 0 Å². The minimum atomic E-state index is -1.03. The Hall–Kier alpha value is -3.67. The van der Waals surface area contributed by atoms with Crippen molar-refractivity contribution in [1.29, 1.82) is 0 Å². The molecule has 0 amide bonds. The molecule has 0 saturated heterocycles. The van der Waals surface area contributed by atoms with Gasteiger partial charge >= 0.3 is 5.97 Å². The summed E-state index contributed by atoms with van der Waals surface area (Å²) >= 11 is 0. The number of pyridine rings is 1. The third kappa shape index (κ3) is 3.32. The molecule has 0 aliphatic rings. The number of benzene rings is 2. The van der Waals surface area contributed by atoms with Gasteiger partial charge in [0, 0.05) is 36.3 Å². The van der Waals surface area contributed by atoms with Crippen molar-refractivity contribution in [3.8, 4) is 11.1 Å². The molecular weight excluding hydrogens is 352 g/mol. The van der Waals surface area contributed by atoms with Gasteiger partial charge in [0.15, 0.2) is 5.69 Å². The number of aromatic nitrogens is 3. The Morgan fingerprint density at radius 3 is 2.68 bits per heavy atom. The Balaban J connectivity index is 1.61. The summed E-state index contributed by atoms with van der Waals surface area (Å²) in [5.74, 6) is -0.245. The average Bonchev–Trinajstić information content (AvgIpc) is 3.04. The number of fused-ring (bicyclic) bond motifs is 1. The van der Waals surface area contributed by atoms with Crippen molar-refractivity contribution in [2.24, 2.45) is 7.05 Å². The van der Waals surface area contributed by atoms with E-state index in [1.807, 2.05) is 30.3 Å². The van der Waals surface area contributed by atoms with Crippen molar-refractivity contribution in [1.82, 2.24) is 14.8 Å². The van der Waals surface area contributed by atoms with Gasteiger partial charge < -0.3 is 10.4 Å². The minimum Gasteiger partial charge on any atom is -0.476 e. The highest BCUT2D eigenvalue weighted by Gasteiger charge is 2.17. The van der Waals surface area contributed by atoms with E-state index in [1.165, 1.54) is 11.1 Å². The highest BCUT2D eigenvalue weighted by atomic mass is 16.4. The van der Waals surface area contributed by atoms with Crippen LogP contribution in [0.2, 0.25) is 0 Å². The number of nitrogens with one attached hydrogen (secondary N) is 1. The molecule has 6 heteroatoms. The van der Waals surface area contributed by atoms with Crippen LogP contribution in [0.5, 0.6) is 0 Å². The van der Waals surface area contributed by atoms with Crippen LogP contribution in [-0.4, -0.2) is 25.8 Å². The Morgan fingerprint density at radius 1 is 1.14 bits per heavy atom. The van der Waals surface area contributed by atoms with E-state index >= 15 is 0 Å². The molecule has 0 fully saturated rings. The average molecular weight is 372 g/mol. The first-order valence-corrected chi connectivity index (χ1v) is 8.98. The molecule has 0 unspecified atom stereocenters. The Labute approximate surface area is 162 Å². The standard InChI is InChI=1S/C22H20N4O2/c1-14-5-3-6-15(11-14)12-23-19-10-9-16(13-24-19)17-7-4-8-18-20(22(27)28)25-26(2)21(17)18/h3-11,13H,12H2,1-2H3,(H,23,24)(H,27,28). The monoisotopic (exact) mass is 372 g/mol. The first-order chi connectivity index (χ1) is 13.5. The molecule has 2 heterocycles. The molecule has 2 N–H and O–H groups in total. The summed E-state index contributed by atoms with van der Waals surface area (Å²) in [5, 5.41) is 17.5. The third-order valence-corrected chi connectivity index (χ3v) is 4.70. The van der Waals surface area contributed by atoms with Crippen LogP contribution in [0, 0.1) is 6.92 Å². The number of carboxylic acid groups (broad SMARTS) is 1. The number of carbonyl (C=O) groups is 1. The van der Waals surface area contributed by atoms with E-state index in [0.717, 1.165) is 22.5 Å². The second kappa shape index (κ2) is 7.15. The molecule has 6 nitrogen and oxygen atoms in total. The van der Waals surface area contributed by atoms with Gasteiger partial charge in [0.1, 0.15) is 5.82 Å². The number of hydrogen-bond acceptors (Lipinski definition) is 4. The van der Waals surface area contributed by atoms with Gasteiger partial charge in [-0.1, -0.05) is 48.0 Å². The van der Waals surface area contributed by atoms with Crippen LogP contribution < -0.4 is 5.32 Å². The Bertz CT molecular complexity index is 1160. The van der Waals surface area contributed by atoms with Crippen molar-refractivity contribution in [3.05, 3.63) is 77.6 Å². The van der Waals surface area contributed by atoms with Crippen molar-refractivity contribution in [3.63, 3.8) is 0 Å². The predicted molar refractivity (Wildman–Crippen MR) is 109 cm³/mol. The van der Waals surface area contributed by atoms with Gasteiger partial charge in [-0.3, -0.25) is 4.68 Å². The molecule has 0 aliphatic heterocycles. The fourth-order valence-electron chi connectivity index (χ4n) is 3.40. The normalized spacial score (nSPS) is 10.9. The van der Waals surface area contributed by atoms with Gasteiger partial charge in [-0.25, -0.2) is 9.78 Å². The van der Waals surface area contributed by atoms with Crippen molar-refractivity contribution >= 4 is 22.7 Å². The van der Waals surface area contributed by atoms with Crippen LogP contribution in [0.4, 0.5) is 5.82 Å². The van der Waals surface area contributed by atoms with Gasteiger partial charge in [-0.05, 0) is 24.6 Å². The van der Waals surface area contributed by atoms with Gasteiger partial charge in [-0.2, -0.15) is 5.10 Å². The van der Waals surface area contributed by atoms with E-state index in [1.54, 1.807) is 24.0 Å². The van der Waals surface area contributed by atoms with E-state index in [2.05, 4.69) is 40.5 Å². The zero-order valence-corrected chi connectivity index (χ0v) is 15.7. The lowest BCUT2D eigenvalue weighted by Crippen LogP contribution is -2.01. The quantitative estimate of drug-likeness (QED) is 0.547. The first kappa shape index (κ1) is 17.7. The van der Waals surface area contributed by atoms with E-state index in [-0.39, 0.29) is 5.69 Å². The maximum Gasteiger partial charge on any atom is 0.357 e. The number of carboxylic acids is 1. The summed E-state index contributed by atoms with van der Waals surface area (Å²) in [6.45, 7) is 2.78. The molecule has 2 aromatic carbocycles. The highest BCUT2D eigenvalue weighted by Crippen LogP contribution is 2.30. The molecule has 4 rings (SSSR count). The number of aromatic carboxylic acids is 1. The second-order valence-electron chi connectivity index (χ2n) is 6.75. The third-order valence-electron chi connectivity index (χ3n) is 4.70. The smallest absolute Gasteiger partial charge is 0.357 e. The number of para-hydroxylation sites is 1. The molecule has 0 radical (unpaired) electrons. The van der Waals surface area contributed by atoms with E-state index < -0.39 is 5.97 Å². The zero-order valence-electron chi connectivity index (χ0n) is 15.7. The molecule has 0 spiro atoms. The first-order valence-electron chi connectivity index (χ1n) is 8.98. The summed E-state index contributed by atoms with van der Waals surface area (Å²) < 4.78 is 1.61. The topological polar surface area (TPSA) is 80.0 Å². The molecule has 28 heavy (non-hydrogen) atoms. The summed E-state index contributed by atoms with van der Waals surface area (Å²) in [4.78, 5) is 15.9. The van der Waals surface area contributed by atoms with Gasteiger partial charge in [0.2, 0.25) is 0 Å². The molecule has 0 bridgehead atoms. The number of hydrogen-bond donors (Lipinski definition) is 2. The van der Waals surface area contributed by atoms with Crippen LogP contribution in [-0.2, 0) is 13.6 Å². The molecule has 140 valence electrons. The van der Waals surface area contributed by atoms with E-state index in [9.17, 15) is 9.90 Å². The molecule has 0 atom stereocenters. The number of rotatable bonds is 5. The molecule has 0 aliphatic carbocycles. The lowest BCUT2D eigenvalue weighted by molar-refractivity contribution is 0.0691. The fourth-order valence-corrected chi connectivity index (χ4v) is 3.40. The summed E-state index contributed by atoms with van der Waals surface area (Å²) in [7, 11) is 1.75. The second-order valence-corrected chi connectivity index (χ2v) is 6.75.